The van der Waals surface area contributed by atoms with Gasteiger partial charge in [0.05, 0.1) is 26.3 Å². The van der Waals surface area contributed by atoms with Crippen molar-refractivity contribution < 1.29 is 5.11 Å². The molecule has 0 saturated heterocycles. The molecule has 130 valence electrons. The number of hydrogen-bond donors (Lipinski definition) is 2. The monoisotopic (exact) mass is 401 g/mol. The minimum absolute atomic E-state index is 0.0414. The van der Waals surface area contributed by atoms with Gasteiger partial charge in [-0.05, 0) is 31.2 Å². The molecule has 0 fully saturated rings. The Morgan fingerprint density at radius 3 is 2.77 bits per heavy atom. The average molecular weight is 402 g/mol. The number of nitrogens with one attached hydrogen (secondary N) is 1. The second-order valence-corrected chi connectivity index (χ2v) is 7.52. The largest absolute Gasteiger partial charge is 0.492 e. The molecule has 2 N–H and O–H groups in total. The summed E-state index contributed by atoms with van der Waals surface area (Å²) in [6.07, 6.45) is 1.91. The standard InChI is InChI=1S/C19H13Cl2N3OS/c1-10-12(11-5-2-3-7-14(11)22-10)9-16-18(25)24-19(26-16)23-15-8-4-6-13(20)17(15)21/h2-9,25H,1H3,(H,23,24). The molecule has 0 spiro atoms. The van der Waals surface area contributed by atoms with Gasteiger partial charge in [-0.2, -0.15) is 4.98 Å². The van der Waals surface area contributed by atoms with Crippen molar-refractivity contribution in [2.75, 3.05) is 5.32 Å². The third kappa shape index (κ3) is 3.09. The molecule has 26 heavy (non-hydrogen) atoms. The van der Waals surface area contributed by atoms with Crippen molar-refractivity contribution in [1.82, 2.24) is 4.98 Å². The van der Waals surface area contributed by atoms with E-state index < -0.39 is 0 Å². The third-order valence-corrected chi connectivity index (χ3v) is 5.70. The van der Waals surface area contributed by atoms with E-state index >= 15 is 0 Å². The second kappa shape index (κ2) is 6.76. The molecule has 0 radical (unpaired) electrons. The zero-order chi connectivity index (χ0) is 18.3. The van der Waals surface area contributed by atoms with Gasteiger partial charge in [-0.1, -0.05) is 58.8 Å². The Morgan fingerprint density at radius 2 is 1.92 bits per heavy atom. The number of aliphatic imine (C=N–C) groups is 1. The molecule has 1 aliphatic heterocycles. The van der Waals surface area contributed by atoms with Crippen LogP contribution in [0.15, 0.2) is 47.5 Å². The number of thiazole rings is 1. The molecule has 0 atom stereocenters. The molecule has 2 aromatic carbocycles. The first kappa shape index (κ1) is 17.1. The molecule has 2 heterocycles. The molecule has 0 unspecified atom stereocenters. The molecule has 7 heteroatoms. The fourth-order valence-electron chi connectivity index (χ4n) is 2.73. The van der Waals surface area contributed by atoms with Gasteiger partial charge in [0, 0.05) is 16.8 Å². The number of rotatable bonds is 3. The molecule has 0 bridgehead atoms. The van der Waals surface area contributed by atoms with Gasteiger partial charge in [0.2, 0.25) is 5.88 Å². The van der Waals surface area contributed by atoms with Gasteiger partial charge < -0.3 is 10.4 Å². The highest BCUT2D eigenvalue weighted by Gasteiger charge is 2.19. The quantitative estimate of drug-likeness (QED) is 0.523. The molecule has 1 aromatic heterocycles. The molecule has 4 nitrogen and oxygen atoms in total. The number of hydrogen-bond acceptors (Lipinski definition) is 5. The van der Waals surface area contributed by atoms with E-state index in [-0.39, 0.29) is 5.88 Å². The molecular formula is C19H13Cl2N3OS. The minimum Gasteiger partial charge on any atom is -0.492 e. The number of aromatic nitrogens is 1. The van der Waals surface area contributed by atoms with Crippen LogP contribution in [0.25, 0.3) is 11.6 Å². The zero-order valence-electron chi connectivity index (χ0n) is 13.6. The van der Waals surface area contributed by atoms with Crippen LogP contribution >= 0.6 is 34.5 Å². The van der Waals surface area contributed by atoms with Crippen molar-refractivity contribution in [3.63, 3.8) is 0 Å². The number of anilines is 2. The van der Waals surface area contributed by atoms with Crippen LogP contribution in [0.3, 0.4) is 0 Å². The summed E-state index contributed by atoms with van der Waals surface area (Å²) in [7, 11) is 0. The lowest BCUT2D eigenvalue weighted by molar-refractivity contribution is 0.457. The summed E-state index contributed by atoms with van der Waals surface area (Å²) in [5.74, 6) is -0.0414. The highest BCUT2D eigenvalue weighted by Crippen LogP contribution is 2.40. The van der Waals surface area contributed by atoms with E-state index in [0.717, 1.165) is 22.5 Å². The Hall–Kier alpha value is -2.34. The van der Waals surface area contributed by atoms with Crippen molar-refractivity contribution in [2.45, 2.75) is 6.92 Å². The minimum atomic E-state index is -0.0414. The molecule has 3 aromatic rings. The van der Waals surface area contributed by atoms with Crippen molar-refractivity contribution >= 4 is 68.4 Å². The fraction of sp³-hybridized carbons (Fsp3) is 0.0526. The van der Waals surface area contributed by atoms with Crippen LogP contribution in [-0.4, -0.2) is 15.8 Å². The molecular weight excluding hydrogens is 389 g/mol. The molecule has 0 saturated carbocycles. The number of para-hydroxylation sites is 1. The van der Waals surface area contributed by atoms with E-state index in [9.17, 15) is 5.11 Å². The van der Waals surface area contributed by atoms with Crippen molar-refractivity contribution in [2.24, 2.45) is 4.99 Å². The van der Waals surface area contributed by atoms with Crippen LogP contribution in [0.2, 0.25) is 10.0 Å². The summed E-state index contributed by atoms with van der Waals surface area (Å²) in [5, 5.41) is 14.7. The van der Waals surface area contributed by atoms with Crippen LogP contribution < -0.4 is 5.32 Å². The van der Waals surface area contributed by atoms with Crippen LogP contribution in [0.4, 0.5) is 16.5 Å². The van der Waals surface area contributed by atoms with Gasteiger partial charge in [0.15, 0.2) is 5.13 Å². The van der Waals surface area contributed by atoms with E-state index in [1.54, 1.807) is 18.2 Å². The SMILES string of the molecule is CC1=Nc2ccccc2C1=Cc1sc(Nc2cccc(Cl)c2Cl)nc1O. The van der Waals surface area contributed by atoms with E-state index in [1.807, 2.05) is 37.3 Å². The summed E-state index contributed by atoms with van der Waals surface area (Å²) in [6.45, 7) is 1.95. The molecule has 0 amide bonds. The van der Waals surface area contributed by atoms with E-state index in [0.29, 0.717) is 25.7 Å². The number of halogens is 2. The topological polar surface area (TPSA) is 57.5 Å². The number of fused-ring (bicyclic) bond motifs is 1. The summed E-state index contributed by atoms with van der Waals surface area (Å²) in [5.41, 5.74) is 4.50. The number of benzene rings is 2. The Morgan fingerprint density at radius 1 is 1.12 bits per heavy atom. The van der Waals surface area contributed by atoms with Crippen LogP contribution in [-0.2, 0) is 0 Å². The van der Waals surface area contributed by atoms with Crippen molar-refractivity contribution in [1.29, 1.82) is 0 Å². The second-order valence-electron chi connectivity index (χ2n) is 5.71. The third-order valence-electron chi connectivity index (χ3n) is 3.98. The maximum absolute atomic E-state index is 10.2. The van der Waals surface area contributed by atoms with Crippen molar-refractivity contribution in [3.8, 4) is 5.88 Å². The number of nitrogens with zero attached hydrogens (tertiary/aromatic N) is 2. The zero-order valence-corrected chi connectivity index (χ0v) is 16.0. The van der Waals surface area contributed by atoms with Gasteiger partial charge in [-0.15, -0.1) is 0 Å². The van der Waals surface area contributed by atoms with Gasteiger partial charge in [0.1, 0.15) is 0 Å². The average Bonchev–Trinajstić information content (AvgIpc) is 3.12. The predicted octanol–water partition coefficient (Wildman–Crippen LogP) is 6.55. The molecule has 4 rings (SSSR count). The Bertz CT molecular complexity index is 1070. The lowest BCUT2D eigenvalue weighted by Crippen LogP contribution is -1.90. The number of allylic oxidation sites excluding steroid dienone is 1. The summed E-state index contributed by atoms with van der Waals surface area (Å²) >= 11 is 13.6. The maximum atomic E-state index is 10.2. The molecule has 0 aliphatic carbocycles. The van der Waals surface area contributed by atoms with Gasteiger partial charge >= 0.3 is 0 Å². The van der Waals surface area contributed by atoms with Gasteiger partial charge in [-0.25, -0.2) is 0 Å². The van der Waals surface area contributed by atoms with E-state index in [1.165, 1.54) is 11.3 Å². The van der Waals surface area contributed by atoms with Crippen molar-refractivity contribution in [3.05, 3.63) is 63.0 Å². The normalized spacial score (nSPS) is 14.4. The van der Waals surface area contributed by atoms with Gasteiger partial charge in [-0.3, -0.25) is 4.99 Å². The fourth-order valence-corrected chi connectivity index (χ4v) is 3.90. The first-order valence-electron chi connectivity index (χ1n) is 7.80. The smallest absolute Gasteiger partial charge is 0.231 e. The number of aromatic hydroxyl groups is 1. The van der Waals surface area contributed by atoms with E-state index in [2.05, 4.69) is 15.3 Å². The summed E-state index contributed by atoms with van der Waals surface area (Å²) in [6, 6.07) is 13.2. The highest BCUT2D eigenvalue weighted by atomic mass is 35.5. The summed E-state index contributed by atoms with van der Waals surface area (Å²) < 4.78 is 0. The summed E-state index contributed by atoms with van der Waals surface area (Å²) in [4.78, 5) is 9.38. The van der Waals surface area contributed by atoms with E-state index in [4.69, 9.17) is 23.2 Å². The van der Waals surface area contributed by atoms with Crippen LogP contribution in [0, 0.1) is 0 Å². The first-order chi connectivity index (χ1) is 12.5. The molecule has 1 aliphatic rings. The predicted molar refractivity (Wildman–Crippen MR) is 111 cm³/mol. The highest BCUT2D eigenvalue weighted by molar-refractivity contribution is 7.16. The lowest BCUT2D eigenvalue weighted by atomic mass is 10.0. The van der Waals surface area contributed by atoms with Gasteiger partial charge in [0.25, 0.3) is 0 Å². The van der Waals surface area contributed by atoms with Crippen LogP contribution in [0.5, 0.6) is 5.88 Å². The first-order valence-corrected chi connectivity index (χ1v) is 9.38. The Balaban J connectivity index is 1.68. The Kier molecular flexibility index (Phi) is 4.44. The lowest BCUT2D eigenvalue weighted by Gasteiger charge is -2.05. The Labute approximate surface area is 164 Å². The maximum Gasteiger partial charge on any atom is 0.231 e. The van der Waals surface area contributed by atoms with Crippen LogP contribution in [0.1, 0.15) is 17.4 Å².